The summed E-state index contributed by atoms with van der Waals surface area (Å²) in [7, 11) is 0. The van der Waals surface area contributed by atoms with Gasteiger partial charge in [-0.15, -0.1) is 0 Å². The van der Waals surface area contributed by atoms with E-state index in [-0.39, 0.29) is 23.7 Å². The molecular weight excluding hydrogens is 329 g/mol. The number of alkyl halides is 3. The van der Waals surface area contributed by atoms with E-state index in [2.05, 4.69) is 10.6 Å². The lowest BCUT2D eigenvalue weighted by Crippen LogP contribution is -2.61. The number of rotatable bonds is 3. The van der Waals surface area contributed by atoms with E-state index in [4.69, 9.17) is 0 Å². The standard InChI is InChI=1S/C19H23F3N2O/c20-19(21,22)16-4-2-1-3-15(16)11-23-17(25)24-18-8-12-5-13(9-18)7-14(6-12)10-18/h1-4,12-14H,5-11H2,(H2,23,24,25). The molecule has 0 aliphatic heterocycles. The minimum atomic E-state index is -4.41. The van der Waals surface area contributed by atoms with Crippen LogP contribution in [0.1, 0.15) is 49.7 Å². The quantitative estimate of drug-likeness (QED) is 0.828. The highest BCUT2D eigenvalue weighted by atomic mass is 19.4. The molecule has 0 saturated heterocycles. The van der Waals surface area contributed by atoms with Crippen molar-refractivity contribution in [3.8, 4) is 0 Å². The van der Waals surface area contributed by atoms with Crippen molar-refractivity contribution in [2.45, 2.75) is 56.8 Å². The molecule has 0 atom stereocenters. The SMILES string of the molecule is O=C(NCc1ccccc1C(F)(F)F)NC12CC3CC(CC(C3)C1)C2. The fraction of sp³-hybridized carbons (Fsp3) is 0.632. The van der Waals surface area contributed by atoms with Crippen LogP contribution in [0.4, 0.5) is 18.0 Å². The lowest BCUT2D eigenvalue weighted by Gasteiger charge is -2.56. The summed E-state index contributed by atoms with van der Waals surface area (Å²) in [6.45, 7) is -0.117. The van der Waals surface area contributed by atoms with E-state index in [1.807, 2.05) is 0 Å². The number of amides is 2. The third-order valence-corrected chi connectivity index (χ3v) is 6.18. The molecule has 2 amide bonds. The molecule has 0 spiro atoms. The van der Waals surface area contributed by atoms with Crippen molar-refractivity contribution in [1.82, 2.24) is 10.6 Å². The van der Waals surface area contributed by atoms with Crippen LogP contribution in [-0.2, 0) is 12.7 Å². The Labute approximate surface area is 145 Å². The van der Waals surface area contributed by atoms with Crippen molar-refractivity contribution in [3.05, 3.63) is 35.4 Å². The van der Waals surface area contributed by atoms with E-state index in [9.17, 15) is 18.0 Å². The summed E-state index contributed by atoms with van der Waals surface area (Å²) >= 11 is 0. The predicted octanol–water partition coefficient (Wildman–Crippen LogP) is 4.47. The number of carbonyl (C=O) groups excluding carboxylic acids is 1. The molecule has 0 heterocycles. The Morgan fingerprint density at radius 1 is 1.04 bits per heavy atom. The molecule has 1 aromatic rings. The Morgan fingerprint density at radius 2 is 1.60 bits per heavy atom. The molecule has 3 nitrogen and oxygen atoms in total. The van der Waals surface area contributed by atoms with Crippen LogP contribution in [0.5, 0.6) is 0 Å². The van der Waals surface area contributed by atoms with Gasteiger partial charge in [0.25, 0.3) is 0 Å². The Bertz CT molecular complexity index is 636. The second-order valence-electron chi connectivity index (χ2n) is 8.16. The van der Waals surface area contributed by atoms with E-state index in [1.165, 1.54) is 31.4 Å². The molecule has 4 bridgehead atoms. The van der Waals surface area contributed by atoms with Crippen LogP contribution < -0.4 is 10.6 Å². The summed E-state index contributed by atoms with van der Waals surface area (Å²) < 4.78 is 39.1. The van der Waals surface area contributed by atoms with Crippen LogP contribution in [0.15, 0.2) is 24.3 Å². The van der Waals surface area contributed by atoms with Gasteiger partial charge in [0.05, 0.1) is 5.56 Å². The molecule has 136 valence electrons. The van der Waals surface area contributed by atoms with Crippen LogP contribution >= 0.6 is 0 Å². The van der Waals surface area contributed by atoms with Gasteiger partial charge < -0.3 is 10.6 Å². The summed E-state index contributed by atoms with van der Waals surface area (Å²) in [6, 6.07) is 5.03. The minimum Gasteiger partial charge on any atom is -0.334 e. The maximum absolute atomic E-state index is 13.0. The van der Waals surface area contributed by atoms with Gasteiger partial charge >= 0.3 is 12.2 Å². The zero-order valence-corrected chi connectivity index (χ0v) is 14.0. The van der Waals surface area contributed by atoms with E-state index in [1.54, 1.807) is 6.07 Å². The Balaban J connectivity index is 1.39. The molecule has 4 saturated carbocycles. The second kappa shape index (κ2) is 5.92. The molecule has 0 radical (unpaired) electrons. The second-order valence-corrected chi connectivity index (χ2v) is 8.16. The lowest BCUT2D eigenvalue weighted by molar-refractivity contribution is -0.138. The summed E-state index contributed by atoms with van der Waals surface area (Å²) in [5, 5.41) is 5.76. The maximum atomic E-state index is 13.0. The van der Waals surface area contributed by atoms with Gasteiger partial charge in [0.15, 0.2) is 0 Å². The number of halogens is 3. The van der Waals surface area contributed by atoms with Crippen LogP contribution in [0.2, 0.25) is 0 Å². The van der Waals surface area contributed by atoms with Crippen LogP contribution in [-0.4, -0.2) is 11.6 Å². The van der Waals surface area contributed by atoms with Gasteiger partial charge in [-0.25, -0.2) is 4.79 Å². The molecule has 4 aliphatic rings. The molecule has 1 aromatic carbocycles. The zero-order valence-electron chi connectivity index (χ0n) is 14.0. The summed E-state index contributed by atoms with van der Waals surface area (Å²) in [4.78, 5) is 12.4. The van der Waals surface area contributed by atoms with Gasteiger partial charge in [0, 0.05) is 12.1 Å². The molecule has 4 aliphatic carbocycles. The first-order valence-corrected chi connectivity index (χ1v) is 9.04. The van der Waals surface area contributed by atoms with Gasteiger partial charge in [0.1, 0.15) is 0 Å². The van der Waals surface area contributed by atoms with E-state index in [0.29, 0.717) is 17.8 Å². The largest absolute Gasteiger partial charge is 0.416 e. The molecule has 0 aromatic heterocycles. The molecule has 6 heteroatoms. The summed E-state index contributed by atoms with van der Waals surface area (Å²) in [5.74, 6) is 2.12. The Morgan fingerprint density at radius 3 is 2.16 bits per heavy atom. The lowest BCUT2D eigenvalue weighted by atomic mass is 9.53. The van der Waals surface area contributed by atoms with Crippen LogP contribution in [0, 0.1) is 17.8 Å². The highest BCUT2D eigenvalue weighted by Gasteiger charge is 2.51. The van der Waals surface area contributed by atoms with Crippen molar-refractivity contribution in [2.24, 2.45) is 17.8 Å². The number of carbonyl (C=O) groups is 1. The van der Waals surface area contributed by atoms with E-state index >= 15 is 0 Å². The monoisotopic (exact) mass is 352 g/mol. The summed E-state index contributed by atoms with van der Waals surface area (Å²) in [5.41, 5.74) is -0.733. The highest BCUT2D eigenvalue weighted by molar-refractivity contribution is 5.75. The fourth-order valence-corrected chi connectivity index (χ4v) is 5.68. The minimum absolute atomic E-state index is 0.0932. The normalized spacial score (nSPS) is 33.3. The fourth-order valence-electron chi connectivity index (χ4n) is 5.68. The molecular formula is C19H23F3N2O. The van der Waals surface area contributed by atoms with Gasteiger partial charge in [-0.2, -0.15) is 13.2 Å². The highest BCUT2D eigenvalue weighted by Crippen LogP contribution is 2.55. The first-order chi connectivity index (χ1) is 11.8. The van der Waals surface area contributed by atoms with Crippen molar-refractivity contribution in [3.63, 3.8) is 0 Å². The molecule has 25 heavy (non-hydrogen) atoms. The Kier molecular flexibility index (Phi) is 3.96. The average molecular weight is 352 g/mol. The van der Waals surface area contributed by atoms with Gasteiger partial charge in [0.2, 0.25) is 0 Å². The number of hydrogen-bond donors (Lipinski definition) is 2. The smallest absolute Gasteiger partial charge is 0.334 e. The van der Waals surface area contributed by atoms with Crippen molar-refractivity contribution in [2.75, 3.05) is 0 Å². The molecule has 0 unspecified atom stereocenters. The number of benzene rings is 1. The first-order valence-electron chi connectivity index (χ1n) is 9.04. The van der Waals surface area contributed by atoms with Crippen molar-refractivity contribution < 1.29 is 18.0 Å². The summed E-state index contributed by atoms with van der Waals surface area (Å²) in [6.07, 6.45) is 2.49. The Hall–Kier alpha value is -1.72. The van der Waals surface area contributed by atoms with Crippen LogP contribution in [0.25, 0.3) is 0 Å². The number of hydrogen-bond acceptors (Lipinski definition) is 1. The first kappa shape index (κ1) is 16.7. The zero-order chi connectivity index (χ0) is 17.7. The van der Waals surface area contributed by atoms with Crippen LogP contribution in [0.3, 0.4) is 0 Å². The van der Waals surface area contributed by atoms with Crippen molar-refractivity contribution >= 4 is 6.03 Å². The van der Waals surface area contributed by atoms with E-state index in [0.717, 1.165) is 25.3 Å². The number of nitrogens with one attached hydrogen (secondary N) is 2. The number of urea groups is 1. The van der Waals surface area contributed by atoms with E-state index < -0.39 is 11.7 Å². The predicted molar refractivity (Wildman–Crippen MR) is 87.7 cm³/mol. The molecule has 2 N–H and O–H groups in total. The molecule has 4 fully saturated rings. The molecule has 5 rings (SSSR count). The average Bonchev–Trinajstić information content (AvgIpc) is 2.50. The van der Waals surface area contributed by atoms with Gasteiger partial charge in [-0.3, -0.25) is 0 Å². The third kappa shape index (κ3) is 3.35. The maximum Gasteiger partial charge on any atom is 0.416 e. The van der Waals surface area contributed by atoms with Gasteiger partial charge in [-0.1, -0.05) is 18.2 Å². The third-order valence-electron chi connectivity index (χ3n) is 6.18. The van der Waals surface area contributed by atoms with Gasteiger partial charge in [-0.05, 0) is 67.9 Å². The topological polar surface area (TPSA) is 41.1 Å². The van der Waals surface area contributed by atoms with Crippen molar-refractivity contribution in [1.29, 1.82) is 0 Å².